The maximum atomic E-state index is 12.5. The van der Waals surface area contributed by atoms with E-state index in [0.29, 0.717) is 0 Å². The van der Waals surface area contributed by atoms with Gasteiger partial charge in [0.05, 0.1) is 18.0 Å². The van der Waals surface area contributed by atoms with Crippen LogP contribution in [0.5, 0.6) is 0 Å². The molecule has 0 saturated heterocycles. The summed E-state index contributed by atoms with van der Waals surface area (Å²) in [5.74, 6) is -0.502. The van der Waals surface area contributed by atoms with Crippen LogP contribution in [-0.4, -0.2) is 33.0 Å². The van der Waals surface area contributed by atoms with Crippen molar-refractivity contribution in [1.29, 1.82) is 0 Å². The van der Waals surface area contributed by atoms with E-state index in [9.17, 15) is 14.6 Å². The molecule has 4 nitrogen and oxygen atoms in total. The highest BCUT2D eigenvalue weighted by Gasteiger charge is 2.18. The van der Waals surface area contributed by atoms with E-state index >= 15 is 0 Å². The molecule has 2 unspecified atom stereocenters. The van der Waals surface area contributed by atoms with Crippen LogP contribution in [0.25, 0.3) is 0 Å². The lowest BCUT2D eigenvalue weighted by Gasteiger charge is -2.15. The summed E-state index contributed by atoms with van der Waals surface area (Å²) in [5, 5.41) is 27.3. The molecule has 0 aliphatic heterocycles. The molecule has 1 rings (SSSR count). The fourth-order valence-electron chi connectivity index (χ4n) is 1.05. The quantitative estimate of drug-likeness (QED) is 0.641. The van der Waals surface area contributed by atoms with E-state index in [-0.39, 0.29) is 18.7 Å². The summed E-state index contributed by atoms with van der Waals surface area (Å²) in [5.41, 5.74) is 0.187. The fraction of sp³-hybridized carbons (Fsp3) is 0.444. The van der Waals surface area contributed by atoms with Crippen LogP contribution < -0.4 is 0 Å². The van der Waals surface area contributed by atoms with E-state index in [1.54, 1.807) is 0 Å². The Bertz CT molecular complexity index is 278. The van der Waals surface area contributed by atoms with Crippen molar-refractivity contribution in [3.63, 3.8) is 0 Å². The monoisotopic (exact) mass is 201 g/mol. The van der Waals surface area contributed by atoms with E-state index in [4.69, 9.17) is 5.11 Å². The lowest BCUT2D eigenvalue weighted by molar-refractivity contribution is 0.00186. The summed E-state index contributed by atoms with van der Waals surface area (Å²) in [6.45, 7) is -0.223. The van der Waals surface area contributed by atoms with Crippen LogP contribution in [0.3, 0.4) is 0 Å². The number of hydrogen-bond acceptors (Lipinski definition) is 4. The first kappa shape index (κ1) is 11.0. The van der Waals surface area contributed by atoms with E-state index in [1.165, 1.54) is 6.07 Å². The molecule has 0 bridgehead atoms. The number of pyridine rings is 1. The summed E-state index contributed by atoms with van der Waals surface area (Å²) in [7, 11) is 0. The number of aliphatic hydroxyl groups excluding tert-OH is 3. The Morgan fingerprint density at radius 3 is 2.57 bits per heavy atom. The van der Waals surface area contributed by atoms with Crippen molar-refractivity contribution in [1.82, 2.24) is 4.98 Å². The molecule has 0 aliphatic carbocycles. The van der Waals surface area contributed by atoms with Gasteiger partial charge in [0.2, 0.25) is 0 Å². The first-order chi connectivity index (χ1) is 6.65. The van der Waals surface area contributed by atoms with Gasteiger partial charge in [0.1, 0.15) is 11.9 Å². The topological polar surface area (TPSA) is 73.6 Å². The largest absolute Gasteiger partial charge is 0.396 e. The van der Waals surface area contributed by atoms with Crippen molar-refractivity contribution in [2.24, 2.45) is 0 Å². The minimum atomic E-state index is -1.19. The Morgan fingerprint density at radius 1 is 1.36 bits per heavy atom. The minimum absolute atomic E-state index is 0.0558. The molecule has 0 spiro atoms. The molecule has 1 aromatic rings. The van der Waals surface area contributed by atoms with Crippen LogP contribution in [0, 0.1) is 5.82 Å². The predicted octanol–water partition coefficient (Wildman–Crippen LogP) is -0.00260. The molecule has 5 heteroatoms. The molecule has 0 aromatic carbocycles. The molecule has 3 N–H and O–H groups in total. The summed E-state index contributed by atoms with van der Waals surface area (Å²) in [6, 6.07) is 2.44. The average Bonchev–Trinajstić information content (AvgIpc) is 2.18. The summed E-state index contributed by atoms with van der Waals surface area (Å²) in [4.78, 5) is 3.61. The number of nitrogens with zero attached hydrogens (tertiary/aromatic N) is 1. The Labute approximate surface area is 80.7 Å². The van der Waals surface area contributed by atoms with E-state index in [2.05, 4.69) is 4.98 Å². The molecule has 1 heterocycles. The van der Waals surface area contributed by atoms with Crippen molar-refractivity contribution in [3.05, 3.63) is 29.8 Å². The van der Waals surface area contributed by atoms with E-state index < -0.39 is 18.0 Å². The second-order valence-electron chi connectivity index (χ2n) is 2.93. The van der Waals surface area contributed by atoms with Crippen molar-refractivity contribution in [3.8, 4) is 0 Å². The van der Waals surface area contributed by atoms with Crippen LogP contribution in [0.2, 0.25) is 0 Å². The maximum absolute atomic E-state index is 12.5. The van der Waals surface area contributed by atoms with E-state index in [1.807, 2.05) is 0 Å². The minimum Gasteiger partial charge on any atom is -0.396 e. The molecule has 0 amide bonds. The molecule has 0 saturated carbocycles. The van der Waals surface area contributed by atoms with Crippen molar-refractivity contribution in [2.75, 3.05) is 6.61 Å². The van der Waals surface area contributed by atoms with Gasteiger partial charge >= 0.3 is 0 Å². The second-order valence-corrected chi connectivity index (χ2v) is 2.93. The number of hydrogen-bond donors (Lipinski definition) is 3. The third kappa shape index (κ3) is 2.73. The molecule has 78 valence electrons. The fourth-order valence-corrected chi connectivity index (χ4v) is 1.05. The normalized spacial score (nSPS) is 15.1. The van der Waals surface area contributed by atoms with Gasteiger partial charge in [0, 0.05) is 6.61 Å². The summed E-state index contributed by atoms with van der Waals surface area (Å²) >= 11 is 0. The molecule has 1 aromatic heterocycles. The second kappa shape index (κ2) is 4.99. The first-order valence-corrected chi connectivity index (χ1v) is 4.23. The van der Waals surface area contributed by atoms with Gasteiger partial charge in [-0.05, 0) is 18.6 Å². The van der Waals surface area contributed by atoms with Gasteiger partial charge in [-0.2, -0.15) is 0 Å². The maximum Gasteiger partial charge on any atom is 0.141 e. The Kier molecular flexibility index (Phi) is 3.94. The summed E-state index contributed by atoms with van der Waals surface area (Å²) in [6.07, 6.45) is -1.26. The molecular formula is C9H12FNO3. The lowest BCUT2D eigenvalue weighted by atomic mass is 10.1. The number of halogens is 1. The standard InChI is InChI=1S/C9H12FNO3/c10-6-1-2-7(11-5-6)9(14)8(13)3-4-12/h1-2,5,8-9,12-14H,3-4H2. The Hall–Kier alpha value is -1.04. The van der Waals surface area contributed by atoms with Crippen molar-refractivity contribution < 1.29 is 19.7 Å². The number of aliphatic hydroxyl groups is 3. The molecule has 14 heavy (non-hydrogen) atoms. The van der Waals surface area contributed by atoms with Gasteiger partial charge in [-0.25, -0.2) is 4.39 Å². The SMILES string of the molecule is OCCC(O)C(O)c1ccc(F)cn1. The van der Waals surface area contributed by atoms with Gasteiger partial charge in [0.25, 0.3) is 0 Å². The zero-order valence-corrected chi connectivity index (χ0v) is 7.47. The number of rotatable bonds is 4. The van der Waals surface area contributed by atoms with Crippen LogP contribution in [-0.2, 0) is 0 Å². The van der Waals surface area contributed by atoms with Crippen LogP contribution in [0.1, 0.15) is 18.2 Å². The molecule has 0 radical (unpaired) electrons. The van der Waals surface area contributed by atoms with Crippen LogP contribution >= 0.6 is 0 Å². The Balaban J connectivity index is 2.68. The van der Waals surface area contributed by atoms with Crippen molar-refractivity contribution >= 4 is 0 Å². The van der Waals surface area contributed by atoms with Gasteiger partial charge < -0.3 is 15.3 Å². The van der Waals surface area contributed by atoms with Gasteiger partial charge in [-0.3, -0.25) is 4.98 Å². The third-order valence-corrected chi connectivity index (χ3v) is 1.84. The average molecular weight is 201 g/mol. The molecule has 2 atom stereocenters. The van der Waals surface area contributed by atoms with Gasteiger partial charge in [0.15, 0.2) is 0 Å². The highest BCUT2D eigenvalue weighted by atomic mass is 19.1. The first-order valence-electron chi connectivity index (χ1n) is 4.23. The van der Waals surface area contributed by atoms with Gasteiger partial charge in [-0.1, -0.05) is 0 Å². The molecule has 0 aliphatic rings. The number of aromatic nitrogens is 1. The van der Waals surface area contributed by atoms with Crippen molar-refractivity contribution in [2.45, 2.75) is 18.6 Å². The van der Waals surface area contributed by atoms with Crippen LogP contribution in [0.15, 0.2) is 18.3 Å². The Morgan fingerprint density at radius 2 is 2.07 bits per heavy atom. The smallest absolute Gasteiger partial charge is 0.141 e. The predicted molar refractivity (Wildman–Crippen MR) is 46.9 cm³/mol. The molecule has 0 fully saturated rings. The zero-order chi connectivity index (χ0) is 10.6. The van der Waals surface area contributed by atoms with Crippen LogP contribution in [0.4, 0.5) is 4.39 Å². The lowest BCUT2D eigenvalue weighted by Crippen LogP contribution is -2.20. The zero-order valence-electron chi connectivity index (χ0n) is 7.47. The highest BCUT2D eigenvalue weighted by molar-refractivity contribution is 5.09. The molecular weight excluding hydrogens is 189 g/mol. The highest BCUT2D eigenvalue weighted by Crippen LogP contribution is 2.16. The summed E-state index contributed by atoms with van der Waals surface area (Å²) < 4.78 is 12.5. The third-order valence-electron chi connectivity index (χ3n) is 1.84. The van der Waals surface area contributed by atoms with Gasteiger partial charge in [-0.15, -0.1) is 0 Å². The van der Waals surface area contributed by atoms with E-state index in [0.717, 1.165) is 12.3 Å².